The molecule has 7 nitrogen and oxygen atoms in total. The quantitative estimate of drug-likeness (QED) is 0.477. The van der Waals surface area contributed by atoms with Crippen LogP contribution >= 0.6 is 0 Å². The van der Waals surface area contributed by atoms with Gasteiger partial charge in [-0.15, -0.1) is 0 Å². The second-order valence-electron chi connectivity index (χ2n) is 10.3. The zero-order valence-electron chi connectivity index (χ0n) is 19.4. The Hall–Kier alpha value is -2.87. The molecular formula is C24H30FN7. The summed E-state index contributed by atoms with van der Waals surface area (Å²) in [5.74, 6) is 0.619. The molecule has 1 saturated heterocycles. The van der Waals surface area contributed by atoms with E-state index in [0.29, 0.717) is 16.7 Å². The summed E-state index contributed by atoms with van der Waals surface area (Å²) in [7, 11) is 0. The molecule has 0 atom stereocenters. The van der Waals surface area contributed by atoms with Gasteiger partial charge in [-0.25, -0.2) is 23.4 Å². The van der Waals surface area contributed by atoms with Crippen LogP contribution in [0.1, 0.15) is 56.6 Å². The lowest BCUT2D eigenvalue weighted by Crippen LogP contribution is -2.38. The van der Waals surface area contributed by atoms with Crippen LogP contribution in [0.25, 0.3) is 22.6 Å². The lowest BCUT2D eigenvalue weighted by atomic mass is 9.92. The van der Waals surface area contributed by atoms with E-state index in [9.17, 15) is 0 Å². The summed E-state index contributed by atoms with van der Waals surface area (Å²) >= 11 is 0. The summed E-state index contributed by atoms with van der Waals surface area (Å²) in [5.41, 5.74) is 4.62. The molecule has 4 aromatic rings. The highest BCUT2D eigenvalue weighted by Crippen LogP contribution is 2.29. The lowest BCUT2D eigenvalue weighted by Gasteiger charge is -2.35. The van der Waals surface area contributed by atoms with E-state index in [1.165, 1.54) is 6.07 Å². The number of piperidine rings is 1. The van der Waals surface area contributed by atoms with Gasteiger partial charge in [0.1, 0.15) is 0 Å². The number of aryl methyl sites for hydroxylation is 2. The summed E-state index contributed by atoms with van der Waals surface area (Å²) in [6, 6.07) is 3.43. The van der Waals surface area contributed by atoms with Gasteiger partial charge in [-0.1, -0.05) is 20.8 Å². The second-order valence-corrected chi connectivity index (χ2v) is 10.3. The van der Waals surface area contributed by atoms with Crippen molar-refractivity contribution in [2.75, 3.05) is 19.6 Å². The van der Waals surface area contributed by atoms with Gasteiger partial charge in [-0.05, 0) is 62.9 Å². The number of likely N-dealkylation sites (tertiary alicyclic amines) is 1. The molecule has 5 rings (SSSR count). The lowest BCUT2D eigenvalue weighted by molar-refractivity contribution is 0.152. The minimum Gasteiger partial charge on any atom is -0.303 e. The summed E-state index contributed by atoms with van der Waals surface area (Å²) in [5, 5.41) is 9.30. The van der Waals surface area contributed by atoms with Gasteiger partial charge >= 0.3 is 0 Å². The number of aromatic nitrogens is 6. The topological polar surface area (TPSA) is 63.6 Å². The van der Waals surface area contributed by atoms with Crippen LogP contribution in [0.2, 0.25) is 0 Å². The van der Waals surface area contributed by atoms with Crippen molar-refractivity contribution in [2.45, 2.75) is 53.4 Å². The Kier molecular flexibility index (Phi) is 5.00. The highest BCUT2D eigenvalue weighted by molar-refractivity contribution is 5.64. The summed E-state index contributed by atoms with van der Waals surface area (Å²) in [4.78, 5) is 11.6. The minimum absolute atomic E-state index is 0.264. The van der Waals surface area contributed by atoms with Crippen molar-refractivity contribution >= 4 is 11.3 Å². The van der Waals surface area contributed by atoms with Crippen molar-refractivity contribution in [1.82, 2.24) is 34.1 Å². The number of rotatable bonds is 3. The van der Waals surface area contributed by atoms with Crippen LogP contribution < -0.4 is 0 Å². The Balaban J connectivity index is 1.43. The van der Waals surface area contributed by atoms with Crippen molar-refractivity contribution in [2.24, 2.45) is 5.41 Å². The maximum Gasteiger partial charge on any atom is 0.191 e. The van der Waals surface area contributed by atoms with E-state index in [2.05, 4.69) is 45.8 Å². The van der Waals surface area contributed by atoms with Crippen LogP contribution in [0.3, 0.4) is 0 Å². The molecule has 32 heavy (non-hydrogen) atoms. The molecule has 0 aromatic carbocycles. The highest BCUT2D eigenvalue weighted by Gasteiger charge is 2.27. The molecule has 0 N–H and O–H groups in total. The number of halogens is 1. The Morgan fingerprint density at radius 3 is 2.41 bits per heavy atom. The molecule has 0 aliphatic carbocycles. The van der Waals surface area contributed by atoms with E-state index in [1.54, 1.807) is 9.03 Å². The van der Waals surface area contributed by atoms with Crippen molar-refractivity contribution in [3.05, 3.63) is 47.4 Å². The fourth-order valence-electron chi connectivity index (χ4n) is 4.68. The minimum atomic E-state index is -0.382. The van der Waals surface area contributed by atoms with E-state index in [4.69, 9.17) is 0 Å². The third kappa shape index (κ3) is 3.99. The van der Waals surface area contributed by atoms with E-state index >= 15 is 4.39 Å². The summed E-state index contributed by atoms with van der Waals surface area (Å²) in [6.45, 7) is 13.9. The van der Waals surface area contributed by atoms with Crippen molar-refractivity contribution < 1.29 is 4.39 Å². The maximum atomic E-state index is 15.0. The third-order valence-corrected chi connectivity index (χ3v) is 6.08. The van der Waals surface area contributed by atoms with Crippen LogP contribution in [0, 0.1) is 25.1 Å². The van der Waals surface area contributed by atoms with Gasteiger partial charge in [0.05, 0.1) is 17.6 Å². The maximum absolute atomic E-state index is 15.0. The van der Waals surface area contributed by atoms with Gasteiger partial charge in [-0.2, -0.15) is 10.2 Å². The monoisotopic (exact) mass is 435 g/mol. The Morgan fingerprint density at radius 1 is 0.969 bits per heavy atom. The smallest absolute Gasteiger partial charge is 0.191 e. The molecule has 0 bridgehead atoms. The van der Waals surface area contributed by atoms with E-state index < -0.39 is 0 Å². The van der Waals surface area contributed by atoms with E-state index in [0.717, 1.165) is 55.2 Å². The Morgan fingerprint density at radius 2 is 1.69 bits per heavy atom. The molecule has 4 aromatic heterocycles. The fourth-order valence-corrected chi connectivity index (χ4v) is 4.68. The molecule has 0 spiro atoms. The highest BCUT2D eigenvalue weighted by atomic mass is 19.1. The number of pyridine rings is 1. The normalized spacial score (nSPS) is 16.4. The second kappa shape index (κ2) is 7.62. The molecule has 1 aliphatic rings. The van der Waals surface area contributed by atoms with Gasteiger partial charge < -0.3 is 4.90 Å². The predicted molar refractivity (Wildman–Crippen MR) is 122 cm³/mol. The largest absolute Gasteiger partial charge is 0.303 e. The van der Waals surface area contributed by atoms with E-state index in [1.807, 2.05) is 32.3 Å². The molecule has 0 saturated carbocycles. The first-order valence-electron chi connectivity index (χ1n) is 11.3. The van der Waals surface area contributed by atoms with Crippen LogP contribution in [0.5, 0.6) is 0 Å². The average Bonchev–Trinajstić information content (AvgIpc) is 3.31. The van der Waals surface area contributed by atoms with Crippen molar-refractivity contribution in [3.63, 3.8) is 0 Å². The first-order valence-corrected chi connectivity index (χ1v) is 11.3. The standard InChI is InChI=1S/C24H30FN7/c1-15-10-20(28-31-12-16(2)26-22(15)31)18-11-19(25)23-27-21(29-32(23)13-18)17-6-8-30(9-7-17)14-24(3,4)5/h10-13,17H,6-9,14H2,1-5H3. The molecule has 8 heteroatoms. The Bertz CT molecular complexity index is 1290. The number of fused-ring (bicyclic) bond motifs is 2. The van der Waals surface area contributed by atoms with Crippen molar-refractivity contribution in [1.29, 1.82) is 0 Å². The van der Waals surface area contributed by atoms with Gasteiger partial charge in [0.15, 0.2) is 22.9 Å². The molecule has 168 valence electrons. The van der Waals surface area contributed by atoms with Gasteiger partial charge in [-0.3, -0.25) is 0 Å². The van der Waals surface area contributed by atoms with Gasteiger partial charge in [0, 0.05) is 24.2 Å². The molecule has 1 fully saturated rings. The molecule has 0 unspecified atom stereocenters. The number of hydrogen-bond donors (Lipinski definition) is 0. The summed E-state index contributed by atoms with van der Waals surface area (Å²) in [6.07, 6.45) is 5.69. The molecular weight excluding hydrogens is 405 g/mol. The number of imidazole rings is 1. The van der Waals surface area contributed by atoms with Crippen molar-refractivity contribution in [3.8, 4) is 11.3 Å². The molecule has 5 heterocycles. The number of nitrogens with zero attached hydrogens (tertiary/aromatic N) is 7. The third-order valence-electron chi connectivity index (χ3n) is 6.08. The molecule has 1 aliphatic heterocycles. The van der Waals surface area contributed by atoms with Crippen LogP contribution in [0.15, 0.2) is 24.5 Å². The first-order chi connectivity index (χ1) is 15.2. The van der Waals surface area contributed by atoms with Gasteiger partial charge in [0.2, 0.25) is 0 Å². The average molecular weight is 436 g/mol. The summed E-state index contributed by atoms with van der Waals surface area (Å²) < 4.78 is 18.3. The fraction of sp³-hybridized carbons (Fsp3) is 0.500. The predicted octanol–water partition coefficient (Wildman–Crippen LogP) is 4.42. The SMILES string of the molecule is Cc1cn2nc(-c3cc(F)c4nc(C5CCN(CC(C)(C)C)CC5)nn4c3)cc(C)c2n1. The van der Waals surface area contributed by atoms with Gasteiger partial charge in [0.25, 0.3) is 0 Å². The zero-order chi connectivity index (χ0) is 22.6. The van der Waals surface area contributed by atoms with E-state index in [-0.39, 0.29) is 17.4 Å². The molecule has 0 radical (unpaired) electrons. The van der Waals surface area contributed by atoms with Crippen LogP contribution in [0.4, 0.5) is 4.39 Å². The molecule has 0 amide bonds. The van der Waals surface area contributed by atoms with Crippen LogP contribution in [-0.2, 0) is 0 Å². The Labute approximate surface area is 187 Å². The zero-order valence-corrected chi connectivity index (χ0v) is 19.4. The van der Waals surface area contributed by atoms with Crippen LogP contribution in [-0.4, -0.2) is 53.7 Å². The first kappa shape index (κ1) is 21.0. The number of hydrogen-bond acceptors (Lipinski definition) is 5.